The number of carboxylic acid groups (broad SMARTS) is 2. The predicted molar refractivity (Wildman–Crippen MR) is 91.8 cm³/mol. The van der Waals surface area contributed by atoms with Gasteiger partial charge in [-0.2, -0.15) is 0 Å². The lowest BCUT2D eigenvalue weighted by Crippen LogP contribution is -2.42. The second-order valence-corrected chi connectivity index (χ2v) is 7.10. The van der Waals surface area contributed by atoms with Crippen LogP contribution in [0, 0.1) is 0 Å². The number of rotatable bonds is 5. The SMILES string of the molecule is CC(C)(C)OC(=O)N1CCC[C@H]1COc1ccc(C(=O)O)cc1C(=O)O. The minimum atomic E-state index is -1.28. The van der Waals surface area contributed by atoms with Gasteiger partial charge in [0.15, 0.2) is 0 Å². The van der Waals surface area contributed by atoms with Crippen LogP contribution in [-0.2, 0) is 4.74 Å². The van der Waals surface area contributed by atoms with E-state index < -0.39 is 23.6 Å². The Labute approximate surface area is 151 Å². The highest BCUT2D eigenvalue weighted by Crippen LogP contribution is 2.25. The molecule has 0 aromatic heterocycles. The first kappa shape index (κ1) is 19.6. The quantitative estimate of drug-likeness (QED) is 0.825. The van der Waals surface area contributed by atoms with Gasteiger partial charge >= 0.3 is 18.0 Å². The van der Waals surface area contributed by atoms with Gasteiger partial charge < -0.3 is 24.6 Å². The van der Waals surface area contributed by atoms with Crippen molar-refractivity contribution in [1.29, 1.82) is 0 Å². The fourth-order valence-electron chi connectivity index (χ4n) is 2.71. The van der Waals surface area contributed by atoms with Crippen LogP contribution in [0.3, 0.4) is 0 Å². The van der Waals surface area contributed by atoms with Crippen LogP contribution in [0.5, 0.6) is 5.75 Å². The Morgan fingerprint density at radius 3 is 2.46 bits per heavy atom. The molecule has 1 saturated heterocycles. The van der Waals surface area contributed by atoms with Gasteiger partial charge in [0.05, 0.1) is 11.6 Å². The van der Waals surface area contributed by atoms with E-state index in [1.165, 1.54) is 12.1 Å². The van der Waals surface area contributed by atoms with Crippen molar-refractivity contribution in [1.82, 2.24) is 4.90 Å². The summed E-state index contributed by atoms with van der Waals surface area (Å²) in [6, 6.07) is 3.43. The molecule has 2 N–H and O–H groups in total. The zero-order valence-corrected chi connectivity index (χ0v) is 15.0. The Balaban J connectivity index is 2.09. The van der Waals surface area contributed by atoms with Crippen molar-refractivity contribution in [3.05, 3.63) is 29.3 Å². The lowest BCUT2D eigenvalue weighted by molar-refractivity contribution is 0.0185. The molecule has 0 spiro atoms. The molecule has 1 fully saturated rings. The smallest absolute Gasteiger partial charge is 0.410 e. The maximum Gasteiger partial charge on any atom is 0.410 e. The first-order chi connectivity index (χ1) is 12.1. The number of hydrogen-bond acceptors (Lipinski definition) is 5. The van der Waals surface area contributed by atoms with Crippen molar-refractivity contribution in [2.45, 2.75) is 45.3 Å². The second kappa shape index (κ2) is 7.63. The van der Waals surface area contributed by atoms with Gasteiger partial charge in [-0.3, -0.25) is 0 Å². The Morgan fingerprint density at radius 1 is 1.19 bits per heavy atom. The third kappa shape index (κ3) is 4.87. The van der Waals surface area contributed by atoms with E-state index in [0.717, 1.165) is 18.9 Å². The minimum Gasteiger partial charge on any atom is -0.491 e. The van der Waals surface area contributed by atoms with E-state index in [1.807, 2.05) is 0 Å². The van der Waals surface area contributed by atoms with E-state index in [-0.39, 0.29) is 29.5 Å². The number of carboxylic acids is 2. The predicted octanol–water partition coefficient (Wildman–Crippen LogP) is 2.86. The largest absolute Gasteiger partial charge is 0.491 e. The molecule has 142 valence electrons. The molecule has 0 saturated carbocycles. The van der Waals surface area contributed by atoms with Gasteiger partial charge in [0.2, 0.25) is 0 Å². The molecule has 0 bridgehead atoms. The third-order valence-electron chi connectivity index (χ3n) is 3.89. The number of likely N-dealkylation sites (tertiary alicyclic amines) is 1. The van der Waals surface area contributed by atoms with Crippen LogP contribution >= 0.6 is 0 Å². The number of nitrogens with zero attached hydrogens (tertiary/aromatic N) is 1. The topological polar surface area (TPSA) is 113 Å². The first-order valence-corrected chi connectivity index (χ1v) is 8.31. The standard InChI is InChI=1S/C18H23NO7/c1-18(2,3)26-17(24)19-8-4-5-12(19)10-25-14-7-6-11(15(20)21)9-13(14)16(22)23/h6-7,9,12H,4-5,8,10H2,1-3H3,(H,20,21)(H,22,23)/t12-/m0/s1. The Kier molecular flexibility index (Phi) is 5.74. The van der Waals surface area contributed by atoms with Gasteiger partial charge in [-0.1, -0.05) is 0 Å². The van der Waals surface area contributed by atoms with Crippen LogP contribution in [0.4, 0.5) is 4.79 Å². The van der Waals surface area contributed by atoms with E-state index in [9.17, 15) is 19.5 Å². The van der Waals surface area contributed by atoms with E-state index >= 15 is 0 Å². The van der Waals surface area contributed by atoms with Crippen molar-refractivity contribution in [3.8, 4) is 5.75 Å². The molecule has 1 aromatic rings. The summed E-state index contributed by atoms with van der Waals surface area (Å²) in [6.45, 7) is 6.01. The summed E-state index contributed by atoms with van der Waals surface area (Å²) in [5.41, 5.74) is -0.966. The average molecular weight is 365 g/mol. The Morgan fingerprint density at radius 2 is 1.88 bits per heavy atom. The van der Waals surface area contributed by atoms with Crippen molar-refractivity contribution in [2.24, 2.45) is 0 Å². The fraction of sp³-hybridized carbons (Fsp3) is 0.500. The summed E-state index contributed by atoms with van der Waals surface area (Å²) in [5, 5.41) is 18.3. The lowest BCUT2D eigenvalue weighted by atomic mass is 10.1. The van der Waals surface area contributed by atoms with Crippen LogP contribution in [0.1, 0.15) is 54.3 Å². The zero-order valence-electron chi connectivity index (χ0n) is 15.0. The highest BCUT2D eigenvalue weighted by Gasteiger charge is 2.32. The van der Waals surface area contributed by atoms with Crippen molar-refractivity contribution >= 4 is 18.0 Å². The lowest BCUT2D eigenvalue weighted by Gasteiger charge is -2.28. The number of carbonyl (C=O) groups is 3. The summed E-state index contributed by atoms with van der Waals surface area (Å²) in [4.78, 5) is 36.2. The summed E-state index contributed by atoms with van der Waals surface area (Å²) < 4.78 is 11.0. The van der Waals surface area contributed by atoms with E-state index in [4.69, 9.17) is 14.6 Å². The molecule has 1 aliphatic rings. The van der Waals surface area contributed by atoms with Gasteiger partial charge in [-0.25, -0.2) is 14.4 Å². The van der Waals surface area contributed by atoms with E-state index in [2.05, 4.69) is 0 Å². The number of benzene rings is 1. The highest BCUT2D eigenvalue weighted by atomic mass is 16.6. The molecule has 0 radical (unpaired) electrons. The average Bonchev–Trinajstić information content (AvgIpc) is 2.99. The van der Waals surface area contributed by atoms with Gasteiger partial charge in [-0.15, -0.1) is 0 Å². The summed E-state index contributed by atoms with van der Waals surface area (Å²) in [6.07, 6.45) is 1.09. The van der Waals surface area contributed by atoms with Gasteiger partial charge in [-0.05, 0) is 51.8 Å². The molecule has 1 aliphatic heterocycles. The maximum atomic E-state index is 12.3. The highest BCUT2D eigenvalue weighted by molar-refractivity contribution is 5.95. The molecule has 1 aromatic carbocycles. The number of amides is 1. The molecule has 0 unspecified atom stereocenters. The molecule has 8 nitrogen and oxygen atoms in total. The number of hydrogen-bond donors (Lipinski definition) is 2. The van der Waals surface area contributed by atoms with Crippen LogP contribution in [0.25, 0.3) is 0 Å². The van der Waals surface area contributed by atoms with E-state index in [0.29, 0.717) is 6.54 Å². The minimum absolute atomic E-state index is 0.0681. The monoisotopic (exact) mass is 365 g/mol. The first-order valence-electron chi connectivity index (χ1n) is 8.31. The molecule has 26 heavy (non-hydrogen) atoms. The number of aromatic carboxylic acids is 2. The molecule has 0 aliphatic carbocycles. The summed E-state index contributed by atoms with van der Waals surface area (Å²) >= 11 is 0. The summed E-state index contributed by atoms with van der Waals surface area (Å²) in [5.74, 6) is -2.43. The van der Waals surface area contributed by atoms with Crippen LogP contribution in [-0.4, -0.2) is 57.9 Å². The van der Waals surface area contributed by atoms with Crippen LogP contribution in [0.15, 0.2) is 18.2 Å². The molecule has 1 amide bonds. The fourth-order valence-corrected chi connectivity index (χ4v) is 2.71. The molecular weight excluding hydrogens is 342 g/mol. The van der Waals surface area contributed by atoms with Crippen LogP contribution < -0.4 is 4.74 Å². The number of carbonyl (C=O) groups excluding carboxylic acids is 1. The Hall–Kier alpha value is -2.77. The molecular formula is C18H23NO7. The van der Waals surface area contributed by atoms with Crippen LogP contribution in [0.2, 0.25) is 0 Å². The van der Waals surface area contributed by atoms with Gasteiger partial charge in [0.25, 0.3) is 0 Å². The molecule has 1 atom stereocenters. The number of ether oxygens (including phenoxy) is 2. The second-order valence-electron chi connectivity index (χ2n) is 7.10. The molecule has 8 heteroatoms. The molecule has 1 heterocycles. The third-order valence-corrected chi connectivity index (χ3v) is 3.89. The maximum absolute atomic E-state index is 12.3. The van der Waals surface area contributed by atoms with Crippen molar-refractivity contribution in [2.75, 3.05) is 13.2 Å². The normalized spacial score (nSPS) is 17.0. The van der Waals surface area contributed by atoms with Crippen molar-refractivity contribution < 1.29 is 34.1 Å². The molecule has 2 rings (SSSR count). The van der Waals surface area contributed by atoms with E-state index in [1.54, 1.807) is 25.7 Å². The Bertz CT molecular complexity index is 708. The summed E-state index contributed by atoms with van der Waals surface area (Å²) in [7, 11) is 0. The van der Waals surface area contributed by atoms with Crippen molar-refractivity contribution in [3.63, 3.8) is 0 Å². The van der Waals surface area contributed by atoms with Gasteiger partial charge in [0.1, 0.15) is 23.5 Å². The van der Waals surface area contributed by atoms with Gasteiger partial charge in [0, 0.05) is 6.54 Å². The zero-order chi connectivity index (χ0) is 19.5.